The fraction of sp³-hybridized carbons (Fsp3) is 0.842. The lowest BCUT2D eigenvalue weighted by Crippen LogP contribution is -2.53. The summed E-state index contributed by atoms with van der Waals surface area (Å²) < 4.78 is 5.30. The zero-order chi connectivity index (χ0) is 19.9. The lowest BCUT2D eigenvalue weighted by molar-refractivity contribution is -0.140. The standard InChI is InChI=1S/C19H34N4O4/c1-19(2,3)18(26)20-6-4-5-16(24)22-7-9-23(10-8-22)17(25)15-21-11-13-27-14-12-21/h4-15H2,1-3H3,(H,20,26). The van der Waals surface area contributed by atoms with Gasteiger partial charge in [0.2, 0.25) is 17.7 Å². The van der Waals surface area contributed by atoms with E-state index in [1.807, 2.05) is 30.6 Å². The van der Waals surface area contributed by atoms with Crippen molar-refractivity contribution < 1.29 is 19.1 Å². The van der Waals surface area contributed by atoms with Gasteiger partial charge in [0.15, 0.2) is 0 Å². The first kappa shape index (κ1) is 21.6. The highest BCUT2D eigenvalue weighted by atomic mass is 16.5. The third-order valence-corrected chi connectivity index (χ3v) is 4.98. The summed E-state index contributed by atoms with van der Waals surface area (Å²) >= 11 is 0. The SMILES string of the molecule is CC(C)(C)C(=O)NCCCC(=O)N1CCN(C(=O)CN2CCOCC2)CC1. The number of piperazine rings is 1. The summed E-state index contributed by atoms with van der Waals surface area (Å²) in [5.74, 6) is 0.233. The maximum atomic E-state index is 12.4. The molecule has 2 aliphatic rings. The monoisotopic (exact) mass is 382 g/mol. The molecule has 2 heterocycles. The molecule has 0 bridgehead atoms. The molecule has 0 atom stereocenters. The van der Waals surface area contributed by atoms with Crippen molar-refractivity contribution >= 4 is 17.7 Å². The Morgan fingerprint density at radius 1 is 0.889 bits per heavy atom. The number of nitrogens with one attached hydrogen (secondary N) is 1. The summed E-state index contributed by atoms with van der Waals surface area (Å²) in [5, 5.41) is 2.87. The fourth-order valence-corrected chi connectivity index (χ4v) is 3.12. The predicted molar refractivity (Wildman–Crippen MR) is 102 cm³/mol. The van der Waals surface area contributed by atoms with Crippen molar-refractivity contribution in [3.63, 3.8) is 0 Å². The molecule has 0 saturated carbocycles. The van der Waals surface area contributed by atoms with E-state index < -0.39 is 5.41 Å². The molecule has 8 nitrogen and oxygen atoms in total. The van der Waals surface area contributed by atoms with E-state index >= 15 is 0 Å². The Bertz CT molecular complexity index is 518. The highest BCUT2D eigenvalue weighted by molar-refractivity contribution is 5.81. The Labute approximate surface area is 162 Å². The first-order chi connectivity index (χ1) is 12.8. The van der Waals surface area contributed by atoms with Crippen molar-refractivity contribution in [2.24, 2.45) is 5.41 Å². The largest absolute Gasteiger partial charge is 0.379 e. The van der Waals surface area contributed by atoms with Crippen molar-refractivity contribution in [3.8, 4) is 0 Å². The topological polar surface area (TPSA) is 82.2 Å². The molecule has 0 aromatic heterocycles. The van der Waals surface area contributed by atoms with Crippen LogP contribution >= 0.6 is 0 Å². The van der Waals surface area contributed by atoms with Gasteiger partial charge in [-0.05, 0) is 6.42 Å². The second-order valence-electron chi connectivity index (χ2n) is 8.26. The molecule has 2 rings (SSSR count). The average molecular weight is 383 g/mol. The molecule has 3 amide bonds. The minimum Gasteiger partial charge on any atom is -0.379 e. The van der Waals surface area contributed by atoms with Gasteiger partial charge in [0.1, 0.15) is 0 Å². The van der Waals surface area contributed by atoms with E-state index in [-0.39, 0.29) is 17.7 Å². The third kappa shape index (κ3) is 7.10. The van der Waals surface area contributed by atoms with Gasteiger partial charge in [-0.1, -0.05) is 20.8 Å². The molecule has 0 aromatic rings. The van der Waals surface area contributed by atoms with Crippen LogP contribution in [-0.2, 0) is 19.1 Å². The zero-order valence-corrected chi connectivity index (χ0v) is 17.0. The summed E-state index contributed by atoms with van der Waals surface area (Å²) in [6.07, 6.45) is 1.06. The highest BCUT2D eigenvalue weighted by Gasteiger charge is 2.25. The molecule has 8 heteroatoms. The van der Waals surface area contributed by atoms with Crippen LogP contribution in [0, 0.1) is 5.41 Å². The Balaban J connectivity index is 1.62. The summed E-state index contributed by atoms with van der Waals surface area (Å²) in [6, 6.07) is 0. The van der Waals surface area contributed by atoms with Crippen molar-refractivity contribution in [1.29, 1.82) is 0 Å². The molecule has 0 unspecified atom stereocenters. The summed E-state index contributed by atoms with van der Waals surface area (Å²) in [7, 11) is 0. The van der Waals surface area contributed by atoms with Crippen LogP contribution in [0.5, 0.6) is 0 Å². The van der Waals surface area contributed by atoms with E-state index in [2.05, 4.69) is 10.2 Å². The van der Waals surface area contributed by atoms with Gasteiger partial charge in [0.05, 0.1) is 19.8 Å². The minimum absolute atomic E-state index is 0.00217. The Kier molecular flexibility index (Phi) is 8.04. The molecular weight excluding hydrogens is 348 g/mol. The van der Waals surface area contributed by atoms with Crippen LogP contribution in [0.4, 0.5) is 0 Å². The van der Waals surface area contributed by atoms with Crippen LogP contribution in [0.2, 0.25) is 0 Å². The van der Waals surface area contributed by atoms with Crippen LogP contribution in [0.25, 0.3) is 0 Å². The highest BCUT2D eigenvalue weighted by Crippen LogP contribution is 2.12. The van der Waals surface area contributed by atoms with Gasteiger partial charge in [-0.3, -0.25) is 19.3 Å². The summed E-state index contributed by atoms with van der Waals surface area (Å²) in [4.78, 5) is 42.3. The second-order valence-corrected chi connectivity index (χ2v) is 8.26. The van der Waals surface area contributed by atoms with Gasteiger partial charge < -0.3 is 19.9 Å². The number of carbonyl (C=O) groups is 3. The summed E-state index contributed by atoms with van der Waals surface area (Å²) in [5.41, 5.74) is -0.409. The molecule has 2 saturated heterocycles. The first-order valence-electron chi connectivity index (χ1n) is 9.91. The molecule has 2 fully saturated rings. The average Bonchev–Trinajstić information content (AvgIpc) is 2.65. The van der Waals surface area contributed by atoms with Gasteiger partial charge in [-0.25, -0.2) is 0 Å². The fourth-order valence-electron chi connectivity index (χ4n) is 3.12. The zero-order valence-electron chi connectivity index (χ0n) is 17.0. The van der Waals surface area contributed by atoms with Gasteiger partial charge in [0.25, 0.3) is 0 Å². The van der Waals surface area contributed by atoms with E-state index in [0.717, 1.165) is 13.1 Å². The predicted octanol–water partition coefficient (Wildman–Crippen LogP) is -0.0681. The van der Waals surface area contributed by atoms with E-state index in [9.17, 15) is 14.4 Å². The number of ether oxygens (including phenoxy) is 1. The van der Waals surface area contributed by atoms with Gasteiger partial charge in [0, 0.05) is 57.6 Å². The number of hydrogen-bond donors (Lipinski definition) is 1. The van der Waals surface area contributed by atoms with E-state index in [1.54, 1.807) is 0 Å². The number of rotatable bonds is 6. The van der Waals surface area contributed by atoms with Gasteiger partial charge >= 0.3 is 0 Å². The van der Waals surface area contributed by atoms with Gasteiger partial charge in [-0.2, -0.15) is 0 Å². The van der Waals surface area contributed by atoms with E-state index in [1.165, 1.54) is 0 Å². The smallest absolute Gasteiger partial charge is 0.236 e. The van der Waals surface area contributed by atoms with E-state index in [4.69, 9.17) is 4.74 Å². The number of hydrogen-bond acceptors (Lipinski definition) is 5. The van der Waals surface area contributed by atoms with Crippen LogP contribution < -0.4 is 5.32 Å². The van der Waals surface area contributed by atoms with Crippen LogP contribution in [0.1, 0.15) is 33.6 Å². The van der Waals surface area contributed by atoms with Crippen molar-refractivity contribution in [3.05, 3.63) is 0 Å². The molecule has 154 valence electrons. The van der Waals surface area contributed by atoms with Crippen LogP contribution in [-0.4, -0.2) is 98.0 Å². The van der Waals surface area contributed by atoms with Crippen LogP contribution in [0.3, 0.4) is 0 Å². The quantitative estimate of drug-likeness (QED) is 0.651. The molecule has 1 N–H and O–H groups in total. The molecule has 2 aliphatic heterocycles. The normalized spacial score (nSPS) is 19.1. The molecular formula is C19H34N4O4. The maximum absolute atomic E-state index is 12.4. The number of morpholine rings is 1. The molecule has 27 heavy (non-hydrogen) atoms. The minimum atomic E-state index is -0.409. The molecule has 0 aromatic carbocycles. The van der Waals surface area contributed by atoms with Gasteiger partial charge in [-0.15, -0.1) is 0 Å². The number of amides is 3. The second kappa shape index (κ2) is 10.0. The Morgan fingerprint density at radius 3 is 2.00 bits per heavy atom. The Hall–Kier alpha value is -1.67. The van der Waals surface area contributed by atoms with E-state index in [0.29, 0.717) is 65.3 Å². The van der Waals surface area contributed by atoms with Crippen molar-refractivity contribution in [1.82, 2.24) is 20.0 Å². The lowest BCUT2D eigenvalue weighted by atomic mass is 9.96. The third-order valence-electron chi connectivity index (χ3n) is 4.98. The molecule has 0 spiro atoms. The molecule has 0 radical (unpaired) electrons. The first-order valence-corrected chi connectivity index (χ1v) is 9.91. The maximum Gasteiger partial charge on any atom is 0.236 e. The molecule has 0 aliphatic carbocycles. The Morgan fingerprint density at radius 2 is 1.44 bits per heavy atom. The number of carbonyl (C=O) groups excluding carboxylic acids is 3. The lowest BCUT2D eigenvalue weighted by Gasteiger charge is -2.36. The number of nitrogens with zero attached hydrogens (tertiary/aromatic N) is 3. The van der Waals surface area contributed by atoms with Crippen molar-refractivity contribution in [2.75, 3.05) is 65.6 Å². The van der Waals surface area contributed by atoms with Crippen molar-refractivity contribution in [2.45, 2.75) is 33.6 Å². The summed E-state index contributed by atoms with van der Waals surface area (Å²) in [6.45, 7) is 11.9. The van der Waals surface area contributed by atoms with Crippen LogP contribution in [0.15, 0.2) is 0 Å².